The van der Waals surface area contributed by atoms with E-state index >= 15 is 0 Å². The van der Waals surface area contributed by atoms with Crippen LogP contribution in [-0.4, -0.2) is 35.1 Å². The van der Waals surface area contributed by atoms with Crippen LogP contribution in [-0.2, 0) is 0 Å². The molecule has 2 N–H and O–H groups in total. The summed E-state index contributed by atoms with van der Waals surface area (Å²) >= 11 is 0. The number of piperidine rings is 1. The molecule has 2 rings (SSSR count). The summed E-state index contributed by atoms with van der Waals surface area (Å²) < 4.78 is 38.3. The minimum atomic E-state index is -4.23. The Bertz CT molecular complexity index is 518. The Morgan fingerprint density at radius 1 is 1.45 bits per heavy atom. The number of aryl methyl sites for hydroxylation is 1. The molecule has 1 aliphatic rings. The molecule has 2 heterocycles. The second-order valence-electron chi connectivity index (χ2n) is 4.89. The van der Waals surface area contributed by atoms with Crippen molar-refractivity contribution < 1.29 is 18.0 Å². The topological polar surface area (TPSA) is 72.1 Å². The van der Waals surface area contributed by atoms with Gasteiger partial charge in [-0.15, -0.1) is 0 Å². The summed E-state index contributed by atoms with van der Waals surface area (Å²) in [5.41, 5.74) is 5.66. The van der Waals surface area contributed by atoms with Crippen molar-refractivity contribution in [3.05, 3.63) is 17.5 Å². The van der Waals surface area contributed by atoms with E-state index in [1.165, 1.54) is 11.0 Å². The van der Waals surface area contributed by atoms with Crippen LogP contribution < -0.4 is 10.6 Å². The fraction of sp³-hybridized carbons (Fsp3) is 0.583. The Morgan fingerprint density at radius 3 is 2.75 bits per heavy atom. The van der Waals surface area contributed by atoms with Gasteiger partial charge in [0, 0.05) is 18.8 Å². The molecule has 0 radical (unpaired) electrons. The molecule has 0 saturated carbocycles. The van der Waals surface area contributed by atoms with Crippen molar-refractivity contribution in [2.45, 2.75) is 25.9 Å². The number of aromatic nitrogens is 2. The maximum Gasteiger partial charge on any atom is 0.393 e. The van der Waals surface area contributed by atoms with Crippen LogP contribution in [0.1, 0.15) is 29.0 Å². The SMILES string of the molecule is Cc1cc(C(N)=O)nc(N2CCCC(C(F)(F)F)C2)n1. The minimum absolute atomic E-state index is 0.0154. The van der Waals surface area contributed by atoms with Crippen LogP contribution in [0.5, 0.6) is 0 Å². The highest BCUT2D eigenvalue weighted by Crippen LogP contribution is 2.34. The Kier molecular flexibility index (Phi) is 3.82. The van der Waals surface area contributed by atoms with E-state index in [-0.39, 0.29) is 24.6 Å². The number of carbonyl (C=O) groups is 1. The van der Waals surface area contributed by atoms with E-state index in [1.54, 1.807) is 6.92 Å². The van der Waals surface area contributed by atoms with E-state index < -0.39 is 18.0 Å². The highest BCUT2D eigenvalue weighted by atomic mass is 19.4. The normalized spacial score (nSPS) is 20.0. The third-order valence-corrected chi connectivity index (χ3v) is 3.26. The van der Waals surface area contributed by atoms with Gasteiger partial charge in [0.1, 0.15) is 5.69 Å². The summed E-state index contributed by atoms with van der Waals surface area (Å²) in [5.74, 6) is -1.98. The van der Waals surface area contributed by atoms with Crippen molar-refractivity contribution >= 4 is 11.9 Å². The monoisotopic (exact) mass is 288 g/mol. The fourth-order valence-electron chi connectivity index (χ4n) is 2.25. The molecular weight excluding hydrogens is 273 g/mol. The van der Waals surface area contributed by atoms with Crippen LogP contribution >= 0.6 is 0 Å². The van der Waals surface area contributed by atoms with Crippen molar-refractivity contribution in [1.29, 1.82) is 0 Å². The van der Waals surface area contributed by atoms with Gasteiger partial charge in [-0.25, -0.2) is 9.97 Å². The smallest absolute Gasteiger partial charge is 0.364 e. The molecule has 1 amide bonds. The van der Waals surface area contributed by atoms with E-state index in [9.17, 15) is 18.0 Å². The van der Waals surface area contributed by atoms with Crippen molar-refractivity contribution in [2.24, 2.45) is 11.7 Å². The van der Waals surface area contributed by atoms with E-state index in [2.05, 4.69) is 9.97 Å². The van der Waals surface area contributed by atoms with E-state index in [4.69, 9.17) is 5.73 Å². The van der Waals surface area contributed by atoms with E-state index in [0.29, 0.717) is 18.7 Å². The Morgan fingerprint density at radius 2 is 2.15 bits per heavy atom. The number of hydrogen-bond donors (Lipinski definition) is 1. The number of primary amides is 1. The number of nitrogens with zero attached hydrogens (tertiary/aromatic N) is 3. The number of carbonyl (C=O) groups excluding carboxylic acids is 1. The maximum atomic E-state index is 12.8. The Labute approximate surface area is 114 Å². The van der Waals surface area contributed by atoms with Gasteiger partial charge in [-0.05, 0) is 25.8 Å². The molecule has 1 saturated heterocycles. The summed E-state index contributed by atoms with van der Waals surface area (Å²) in [5, 5.41) is 0. The van der Waals surface area contributed by atoms with Gasteiger partial charge in [-0.2, -0.15) is 13.2 Å². The van der Waals surface area contributed by atoms with E-state index in [0.717, 1.165) is 0 Å². The van der Waals surface area contributed by atoms with Gasteiger partial charge in [-0.1, -0.05) is 0 Å². The lowest BCUT2D eigenvalue weighted by Crippen LogP contribution is -2.42. The largest absolute Gasteiger partial charge is 0.393 e. The number of nitrogens with two attached hydrogens (primary N) is 1. The van der Waals surface area contributed by atoms with Crippen molar-refractivity contribution in [3.8, 4) is 0 Å². The molecule has 1 fully saturated rings. The maximum absolute atomic E-state index is 12.8. The molecule has 0 bridgehead atoms. The number of alkyl halides is 3. The standard InChI is InChI=1S/C12H15F3N4O/c1-7-5-9(10(16)20)18-11(17-7)19-4-2-3-8(6-19)12(13,14)15/h5,8H,2-4,6H2,1H3,(H2,16,20). The highest BCUT2D eigenvalue weighted by Gasteiger charge is 2.42. The summed E-state index contributed by atoms with van der Waals surface area (Å²) in [7, 11) is 0. The number of anilines is 1. The first-order valence-corrected chi connectivity index (χ1v) is 6.24. The predicted molar refractivity (Wildman–Crippen MR) is 66.3 cm³/mol. The summed E-state index contributed by atoms with van der Waals surface area (Å²) in [4.78, 5) is 20.6. The molecule has 0 aliphatic carbocycles. The Balaban J connectivity index is 2.25. The second kappa shape index (κ2) is 5.26. The van der Waals surface area contributed by atoms with Crippen LogP contribution in [0.3, 0.4) is 0 Å². The van der Waals surface area contributed by atoms with Crippen molar-refractivity contribution in [3.63, 3.8) is 0 Å². The molecule has 0 spiro atoms. The molecule has 0 aromatic carbocycles. The van der Waals surface area contributed by atoms with Gasteiger partial charge in [-0.3, -0.25) is 4.79 Å². The molecule has 1 aromatic heterocycles. The van der Waals surface area contributed by atoms with Crippen LogP contribution in [0.4, 0.5) is 19.1 Å². The quantitative estimate of drug-likeness (QED) is 0.898. The van der Waals surface area contributed by atoms with Crippen LogP contribution in [0.2, 0.25) is 0 Å². The van der Waals surface area contributed by atoms with Crippen molar-refractivity contribution in [1.82, 2.24) is 9.97 Å². The Hall–Kier alpha value is -1.86. The molecule has 110 valence electrons. The molecule has 1 atom stereocenters. The molecule has 1 unspecified atom stereocenters. The lowest BCUT2D eigenvalue weighted by Gasteiger charge is -2.33. The van der Waals surface area contributed by atoms with Crippen LogP contribution in [0, 0.1) is 12.8 Å². The molecule has 20 heavy (non-hydrogen) atoms. The first-order valence-electron chi connectivity index (χ1n) is 6.24. The lowest BCUT2D eigenvalue weighted by atomic mass is 9.98. The average molecular weight is 288 g/mol. The summed E-state index contributed by atoms with van der Waals surface area (Å²) in [6.07, 6.45) is -3.71. The molecule has 1 aliphatic heterocycles. The van der Waals surface area contributed by atoms with Crippen LogP contribution in [0.25, 0.3) is 0 Å². The third-order valence-electron chi connectivity index (χ3n) is 3.26. The second-order valence-corrected chi connectivity index (χ2v) is 4.89. The van der Waals surface area contributed by atoms with Gasteiger partial charge in [0.15, 0.2) is 0 Å². The molecule has 8 heteroatoms. The van der Waals surface area contributed by atoms with Gasteiger partial charge in [0.05, 0.1) is 5.92 Å². The zero-order valence-corrected chi connectivity index (χ0v) is 10.9. The molecule has 1 aromatic rings. The minimum Gasteiger partial charge on any atom is -0.364 e. The third kappa shape index (κ3) is 3.17. The van der Waals surface area contributed by atoms with Crippen molar-refractivity contribution in [2.75, 3.05) is 18.0 Å². The van der Waals surface area contributed by atoms with Crippen LogP contribution in [0.15, 0.2) is 6.07 Å². The zero-order valence-electron chi connectivity index (χ0n) is 10.9. The number of amides is 1. The van der Waals surface area contributed by atoms with Gasteiger partial charge in [0.25, 0.3) is 5.91 Å². The number of halogens is 3. The zero-order chi connectivity index (χ0) is 14.9. The summed E-state index contributed by atoms with van der Waals surface area (Å²) in [6, 6.07) is 1.41. The first-order chi connectivity index (χ1) is 9.27. The van der Waals surface area contributed by atoms with Gasteiger partial charge in [0.2, 0.25) is 5.95 Å². The predicted octanol–water partition coefficient (Wildman–Crippen LogP) is 1.66. The highest BCUT2D eigenvalue weighted by molar-refractivity contribution is 5.91. The van der Waals surface area contributed by atoms with Gasteiger partial charge < -0.3 is 10.6 Å². The molecule has 5 nitrogen and oxygen atoms in total. The lowest BCUT2D eigenvalue weighted by molar-refractivity contribution is -0.176. The first kappa shape index (κ1) is 14.5. The average Bonchev–Trinajstić information content (AvgIpc) is 2.37. The number of hydrogen-bond acceptors (Lipinski definition) is 4. The fourth-order valence-corrected chi connectivity index (χ4v) is 2.25. The molecular formula is C12H15F3N4O. The summed E-state index contributed by atoms with van der Waals surface area (Å²) in [6.45, 7) is 1.89. The van der Waals surface area contributed by atoms with E-state index in [1.807, 2.05) is 0 Å². The van der Waals surface area contributed by atoms with Gasteiger partial charge >= 0.3 is 6.18 Å². The number of rotatable bonds is 2.